The quantitative estimate of drug-likeness (QED) is 0.456. The van der Waals surface area contributed by atoms with Crippen LogP contribution in [0.2, 0.25) is 0 Å². The van der Waals surface area contributed by atoms with E-state index < -0.39 is 0 Å². The summed E-state index contributed by atoms with van der Waals surface area (Å²) in [6.45, 7) is 2.68. The van der Waals surface area contributed by atoms with Crippen LogP contribution < -0.4 is 10.2 Å². The van der Waals surface area contributed by atoms with Crippen molar-refractivity contribution in [2.45, 2.75) is 23.3 Å². The van der Waals surface area contributed by atoms with Crippen LogP contribution in [-0.2, 0) is 6.54 Å². The number of hydrogen-bond acceptors (Lipinski definition) is 7. The molecule has 9 heteroatoms. The van der Waals surface area contributed by atoms with Crippen LogP contribution in [0.3, 0.4) is 0 Å². The highest BCUT2D eigenvalue weighted by Gasteiger charge is 2.26. The molecular formula is C23H18N4O3S2. The number of carbonyl (C=O) groups excluding carboxylic acids is 2. The van der Waals surface area contributed by atoms with Gasteiger partial charge in [0.25, 0.3) is 11.8 Å². The van der Waals surface area contributed by atoms with Gasteiger partial charge in [-0.1, -0.05) is 35.1 Å². The molecule has 3 heterocycles. The zero-order valence-electron chi connectivity index (χ0n) is 17.1. The van der Waals surface area contributed by atoms with Crippen LogP contribution in [-0.4, -0.2) is 28.5 Å². The molecule has 1 aliphatic rings. The largest absolute Gasteiger partial charge is 0.342 e. The van der Waals surface area contributed by atoms with E-state index in [9.17, 15) is 9.59 Å². The van der Waals surface area contributed by atoms with Crippen molar-refractivity contribution in [1.82, 2.24) is 15.5 Å². The van der Waals surface area contributed by atoms with Gasteiger partial charge in [0.05, 0.1) is 22.7 Å². The Kier molecular flexibility index (Phi) is 5.50. The first-order valence-corrected chi connectivity index (χ1v) is 11.7. The Morgan fingerprint density at radius 1 is 1.12 bits per heavy atom. The minimum atomic E-state index is -0.177. The van der Waals surface area contributed by atoms with E-state index in [0.717, 1.165) is 21.0 Å². The smallest absolute Gasteiger partial charge is 0.261 e. The van der Waals surface area contributed by atoms with Crippen LogP contribution >= 0.6 is 23.1 Å². The highest BCUT2D eigenvalue weighted by atomic mass is 32.2. The van der Waals surface area contributed by atoms with E-state index in [1.165, 1.54) is 11.3 Å². The van der Waals surface area contributed by atoms with E-state index in [4.69, 9.17) is 4.52 Å². The minimum Gasteiger partial charge on any atom is -0.342 e. The molecule has 0 aliphatic carbocycles. The second kappa shape index (κ2) is 8.60. The van der Waals surface area contributed by atoms with Crippen molar-refractivity contribution in [3.63, 3.8) is 0 Å². The third-order valence-corrected chi connectivity index (χ3v) is 7.01. The topological polar surface area (TPSA) is 88.3 Å². The fourth-order valence-corrected chi connectivity index (χ4v) is 5.23. The predicted octanol–water partition coefficient (Wildman–Crippen LogP) is 4.86. The molecule has 0 saturated heterocycles. The summed E-state index contributed by atoms with van der Waals surface area (Å²) in [7, 11) is 0. The van der Waals surface area contributed by atoms with Crippen molar-refractivity contribution in [2.24, 2.45) is 0 Å². The van der Waals surface area contributed by atoms with Crippen LogP contribution in [0.4, 0.5) is 5.69 Å². The number of aromatic nitrogens is 2. The number of anilines is 1. The van der Waals surface area contributed by atoms with E-state index in [1.54, 1.807) is 22.7 Å². The molecule has 4 aromatic rings. The Morgan fingerprint density at radius 2 is 2.00 bits per heavy atom. The van der Waals surface area contributed by atoms with Crippen LogP contribution in [0.1, 0.15) is 32.8 Å². The highest BCUT2D eigenvalue weighted by molar-refractivity contribution is 7.99. The predicted molar refractivity (Wildman–Crippen MR) is 123 cm³/mol. The molecule has 1 aliphatic heterocycles. The van der Waals surface area contributed by atoms with E-state index in [2.05, 4.69) is 15.5 Å². The number of rotatable bonds is 5. The zero-order chi connectivity index (χ0) is 22.1. The Balaban J connectivity index is 1.41. The molecule has 32 heavy (non-hydrogen) atoms. The lowest BCUT2D eigenvalue weighted by Crippen LogP contribution is -2.30. The number of benzene rings is 2. The van der Waals surface area contributed by atoms with Gasteiger partial charge in [-0.15, -0.1) is 11.3 Å². The maximum atomic E-state index is 13.0. The van der Waals surface area contributed by atoms with E-state index >= 15 is 0 Å². The summed E-state index contributed by atoms with van der Waals surface area (Å²) < 4.78 is 5.33. The monoisotopic (exact) mass is 462 g/mol. The number of nitrogens with zero attached hydrogens (tertiary/aromatic N) is 3. The van der Waals surface area contributed by atoms with E-state index in [0.29, 0.717) is 28.7 Å². The third kappa shape index (κ3) is 3.80. The van der Waals surface area contributed by atoms with Crippen LogP contribution in [0.15, 0.2) is 74.3 Å². The van der Waals surface area contributed by atoms with Gasteiger partial charge in [-0.25, -0.2) is 0 Å². The van der Waals surface area contributed by atoms with E-state index in [1.807, 2.05) is 60.8 Å². The first-order chi connectivity index (χ1) is 15.6. The summed E-state index contributed by atoms with van der Waals surface area (Å²) in [5.74, 6) is 0.568. The average Bonchev–Trinajstić information content (AvgIpc) is 3.50. The maximum Gasteiger partial charge on any atom is 0.261 e. The molecule has 0 atom stereocenters. The number of carbonyl (C=O) groups is 2. The SMILES string of the molecule is CCN1C(=O)c2ccccc2Sc2cc(-c3noc(CNC(=O)c4cccs4)n3)ccc21. The Bertz CT molecular complexity index is 1300. The van der Waals surface area contributed by atoms with Crippen molar-refractivity contribution < 1.29 is 14.1 Å². The van der Waals surface area contributed by atoms with Gasteiger partial charge < -0.3 is 14.7 Å². The molecule has 160 valence electrons. The Hall–Kier alpha value is -3.43. The molecule has 2 aromatic carbocycles. The molecule has 0 radical (unpaired) electrons. The standard InChI is InChI=1S/C23H18N4O3S2/c1-2-27-16-10-9-14(12-19(16)32-17-7-4-3-6-15(17)23(27)29)21-25-20(30-26-21)13-24-22(28)18-8-5-11-31-18/h3-12H,2,13H2,1H3,(H,24,28). The first-order valence-electron chi connectivity index (χ1n) is 10.0. The van der Waals surface area contributed by atoms with Crippen molar-refractivity contribution in [1.29, 1.82) is 0 Å². The molecule has 5 rings (SSSR count). The lowest BCUT2D eigenvalue weighted by Gasteiger charge is -2.21. The maximum absolute atomic E-state index is 13.0. The Labute approximate surface area is 192 Å². The summed E-state index contributed by atoms with van der Waals surface area (Å²) in [5, 5.41) is 8.70. The number of thiophene rings is 1. The number of fused-ring (bicyclic) bond motifs is 2. The highest BCUT2D eigenvalue weighted by Crippen LogP contribution is 2.42. The molecule has 2 amide bonds. The second-order valence-electron chi connectivity index (χ2n) is 7.00. The zero-order valence-corrected chi connectivity index (χ0v) is 18.7. The van der Waals surface area contributed by atoms with Crippen LogP contribution in [0.25, 0.3) is 11.4 Å². The van der Waals surface area contributed by atoms with Gasteiger partial charge in [-0.05, 0) is 48.7 Å². The number of amides is 2. The Morgan fingerprint density at radius 3 is 2.81 bits per heavy atom. The van der Waals surface area contributed by atoms with Crippen molar-refractivity contribution in [2.75, 3.05) is 11.4 Å². The lowest BCUT2D eigenvalue weighted by molar-refractivity contribution is 0.0948. The summed E-state index contributed by atoms with van der Waals surface area (Å²) in [6.07, 6.45) is 0. The summed E-state index contributed by atoms with van der Waals surface area (Å²) >= 11 is 2.92. The lowest BCUT2D eigenvalue weighted by atomic mass is 10.1. The van der Waals surface area contributed by atoms with Gasteiger partial charge in [0.2, 0.25) is 11.7 Å². The van der Waals surface area contributed by atoms with Crippen molar-refractivity contribution in [3.05, 3.63) is 76.3 Å². The average molecular weight is 463 g/mol. The fourth-order valence-electron chi connectivity index (χ4n) is 3.47. The molecule has 0 spiro atoms. The van der Waals surface area contributed by atoms with Gasteiger partial charge in [-0.2, -0.15) is 4.98 Å². The summed E-state index contributed by atoms with van der Waals surface area (Å²) in [5.41, 5.74) is 2.33. The van der Waals surface area contributed by atoms with Gasteiger partial charge >= 0.3 is 0 Å². The van der Waals surface area contributed by atoms with E-state index in [-0.39, 0.29) is 18.4 Å². The molecule has 0 fully saturated rings. The van der Waals surface area contributed by atoms with Gasteiger partial charge in [0, 0.05) is 21.9 Å². The molecule has 1 N–H and O–H groups in total. The number of nitrogens with one attached hydrogen (secondary N) is 1. The fraction of sp³-hybridized carbons (Fsp3) is 0.130. The van der Waals surface area contributed by atoms with Crippen molar-refractivity contribution in [3.8, 4) is 11.4 Å². The first kappa shape index (κ1) is 20.5. The summed E-state index contributed by atoms with van der Waals surface area (Å²) in [6, 6.07) is 17.0. The van der Waals surface area contributed by atoms with Crippen LogP contribution in [0, 0.1) is 0 Å². The summed E-state index contributed by atoms with van der Waals surface area (Å²) in [4.78, 5) is 33.8. The van der Waals surface area contributed by atoms with Gasteiger partial charge in [0.15, 0.2) is 0 Å². The minimum absolute atomic E-state index is 0.00886. The second-order valence-corrected chi connectivity index (χ2v) is 9.03. The molecular weight excluding hydrogens is 444 g/mol. The molecule has 2 aromatic heterocycles. The normalized spacial score (nSPS) is 12.8. The number of hydrogen-bond donors (Lipinski definition) is 1. The third-order valence-electron chi connectivity index (χ3n) is 5.02. The van der Waals surface area contributed by atoms with Crippen molar-refractivity contribution >= 4 is 40.6 Å². The van der Waals surface area contributed by atoms with Gasteiger partial charge in [0.1, 0.15) is 0 Å². The molecule has 0 bridgehead atoms. The molecule has 7 nitrogen and oxygen atoms in total. The van der Waals surface area contributed by atoms with Crippen LogP contribution in [0.5, 0.6) is 0 Å². The molecule has 0 saturated carbocycles. The van der Waals surface area contributed by atoms with Gasteiger partial charge in [-0.3, -0.25) is 9.59 Å². The molecule has 0 unspecified atom stereocenters.